The summed E-state index contributed by atoms with van der Waals surface area (Å²) in [5.74, 6) is 0.915. The zero-order chi connectivity index (χ0) is 16.2. The van der Waals surface area contributed by atoms with Gasteiger partial charge in [-0.15, -0.1) is 0 Å². The van der Waals surface area contributed by atoms with Gasteiger partial charge < -0.3 is 14.5 Å². The van der Waals surface area contributed by atoms with Crippen LogP contribution in [0.15, 0.2) is 22.9 Å². The van der Waals surface area contributed by atoms with E-state index in [1.807, 2.05) is 24.3 Å². The highest BCUT2D eigenvalue weighted by Gasteiger charge is 2.28. The maximum Gasteiger partial charge on any atom is 0.227 e. The number of halogens is 1. The molecule has 2 aliphatic heterocycles. The van der Waals surface area contributed by atoms with E-state index in [-0.39, 0.29) is 11.8 Å². The molecule has 0 spiro atoms. The van der Waals surface area contributed by atoms with Crippen molar-refractivity contribution < 1.29 is 9.53 Å². The molecule has 23 heavy (non-hydrogen) atoms. The average Bonchev–Trinajstić information content (AvgIpc) is 3.10. The van der Waals surface area contributed by atoms with Crippen molar-refractivity contribution in [2.24, 2.45) is 11.8 Å². The Balaban J connectivity index is 1.49. The van der Waals surface area contributed by atoms with Gasteiger partial charge in [-0.1, -0.05) is 0 Å². The molecule has 1 atom stereocenters. The van der Waals surface area contributed by atoms with E-state index in [0.29, 0.717) is 12.5 Å². The third kappa shape index (κ3) is 4.04. The van der Waals surface area contributed by atoms with E-state index in [1.54, 1.807) is 0 Å². The van der Waals surface area contributed by atoms with Crippen LogP contribution >= 0.6 is 15.9 Å². The topological polar surface area (TPSA) is 45.7 Å². The van der Waals surface area contributed by atoms with Crippen LogP contribution in [-0.2, 0) is 9.53 Å². The number of pyridine rings is 1. The van der Waals surface area contributed by atoms with E-state index in [0.717, 1.165) is 50.0 Å². The average molecular weight is 382 g/mol. The van der Waals surface area contributed by atoms with E-state index in [2.05, 4.69) is 31.9 Å². The van der Waals surface area contributed by atoms with Gasteiger partial charge in [-0.05, 0) is 47.2 Å². The summed E-state index contributed by atoms with van der Waals surface area (Å²) < 4.78 is 6.38. The first kappa shape index (κ1) is 16.7. The minimum Gasteiger partial charge on any atom is -0.381 e. The number of nitrogens with zero attached hydrogens (tertiary/aromatic N) is 3. The van der Waals surface area contributed by atoms with Gasteiger partial charge in [-0.2, -0.15) is 0 Å². The van der Waals surface area contributed by atoms with Crippen LogP contribution in [0.2, 0.25) is 0 Å². The van der Waals surface area contributed by atoms with Crippen molar-refractivity contribution in [3.63, 3.8) is 0 Å². The molecule has 0 saturated carbocycles. The van der Waals surface area contributed by atoms with Crippen molar-refractivity contribution in [2.75, 3.05) is 44.8 Å². The van der Waals surface area contributed by atoms with E-state index in [9.17, 15) is 4.79 Å². The van der Waals surface area contributed by atoms with Gasteiger partial charge in [-0.25, -0.2) is 0 Å². The predicted octanol–water partition coefficient (Wildman–Crippen LogP) is 2.56. The monoisotopic (exact) mass is 381 g/mol. The number of aromatic nitrogens is 1. The molecule has 126 valence electrons. The molecule has 1 aromatic rings. The van der Waals surface area contributed by atoms with Crippen molar-refractivity contribution in [3.05, 3.63) is 22.9 Å². The molecule has 0 N–H and O–H groups in total. The van der Waals surface area contributed by atoms with Gasteiger partial charge in [0.25, 0.3) is 0 Å². The molecule has 1 amide bonds. The van der Waals surface area contributed by atoms with Gasteiger partial charge in [0, 0.05) is 45.7 Å². The molecule has 0 aromatic carbocycles. The summed E-state index contributed by atoms with van der Waals surface area (Å²) >= 11 is 3.58. The Bertz CT molecular complexity index is 540. The Labute approximate surface area is 146 Å². The molecule has 0 aliphatic carbocycles. The Hall–Kier alpha value is -1.14. The minimum absolute atomic E-state index is 0.0767. The predicted molar refractivity (Wildman–Crippen MR) is 93.4 cm³/mol. The molecule has 1 aromatic heterocycles. The van der Waals surface area contributed by atoms with Gasteiger partial charge in [-0.3, -0.25) is 9.78 Å². The van der Waals surface area contributed by atoms with Gasteiger partial charge in [0.05, 0.1) is 22.7 Å². The molecule has 2 fully saturated rings. The first-order valence-corrected chi connectivity index (χ1v) is 9.11. The Morgan fingerprint density at radius 2 is 2.22 bits per heavy atom. The third-order valence-corrected chi connectivity index (χ3v) is 5.50. The SMILES string of the molecule is CN(CC1CCN(c2ccncc2Br)CC1)C(=O)C1CCOC1. The van der Waals surface area contributed by atoms with Crippen molar-refractivity contribution in [1.82, 2.24) is 9.88 Å². The normalized spacial score (nSPS) is 22.3. The van der Waals surface area contributed by atoms with Gasteiger partial charge in [0.2, 0.25) is 5.91 Å². The van der Waals surface area contributed by atoms with Crippen LogP contribution in [0.25, 0.3) is 0 Å². The van der Waals surface area contributed by atoms with E-state index >= 15 is 0 Å². The molecule has 6 heteroatoms. The summed E-state index contributed by atoms with van der Waals surface area (Å²) in [4.78, 5) is 20.8. The maximum atomic E-state index is 12.4. The van der Waals surface area contributed by atoms with Crippen molar-refractivity contribution >= 4 is 27.5 Å². The second-order valence-electron chi connectivity index (χ2n) is 6.54. The zero-order valence-electron chi connectivity index (χ0n) is 13.6. The Morgan fingerprint density at radius 1 is 1.43 bits per heavy atom. The van der Waals surface area contributed by atoms with Crippen molar-refractivity contribution in [2.45, 2.75) is 19.3 Å². The van der Waals surface area contributed by atoms with Crippen LogP contribution in [-0.4, -0.2) is 55.7 Å². The van der Waals surface area contributed by atoms with Crippen molar-refractivity contribution in [3.8, 4) is 0 Å². The summed E-state index contributed by atoms with van der Waals surface area (Å²) in [5.41, 5.74) is 1.21. The summed E-state index contributed by atoms with van der Waals surface area (Å²) in [6.07, 6.45) is 6.79. The van der Waals surface area contributed by atoms with Gasteiger partial charge in [0.1, 0.15) is 0 Å². The lowest BCUT2D eigenvalue weighted by Crippen LogP contribution is -2.41. The first-order valence-electron chi connectivity index (χ1n) is 8.32. The van der Waals surface area contributed by atoms with Crippen LogP contribution in [0.1, 0.15) is 19.3 Å². The van der Waals surface area contributed by atoms with Gasteiger partial charge >= 0.3 is 0 Å². The number of piperidine rings is 1. The fourth-order valence-corrected chi connectivity index (χ4v) is 4.00. The number of ether oxygens (including phenoxy) is 1. The lowest BCUT2D eigenvalue weighted by Gasteiger charge is -2.36. The largest absolute Gasteiger partial charge is 0.381 e. The first-order chi connectivity index (χ1) is 11.1. The zero-order valence-corrected chi connectivity index (χ0v) is 15.2. The Kier molecular flexibility index (Phi) is 5.54. The third-order valence-electron chi connectivity index (χ3n) is 4.89. The molecule has 1 unspecified atom stereocenters. The number of anilines is 1. The molecular weight excluding hydrogens is 358 g/mol. The van der Waals surface area contributed by atoms with E-state index in [1.165, 1.54) is 5.69 Å². The standard InChI is InChI=1S/C17H24BrN3O2/c1-20(17(22)14-5-9-23-12-14)11-13-3-7-21(8-4-13)16-2-6-19-10-15(16)18/h2,6,10,13-14H,3-5,7-9,11-12H2,1H3. The van der Waals surface area contributed by atoms with E-state index in [4.69, 9.17) is 4.74 Å². The number of rotatable bonds is 4. The van der Waals surface area contributed by atoms with E-state index < -0.39 is 0 Å². The number of hydrogen-bond acceptors (Lipinski definition) is 4. The molecule has 2 saturated heterocycles. The van der Waals surface area contributed by atoms with Crippen LogP contribution in [0, 0.1) is 11.8 Å². The number of carbonyl (C=O) groups is 1. The second-order valence-corrected chi connectivity index (χ2v) is 7.39. The molecule has 3 rings (SSSR count). The summed E-state index contributed by atoms with van der Waals surface area (Å²) in [6, 6.07) is 2.06. The fraction of sp³-hybridized carbons (Fsp3) is 0.647. The van der Waals surface area contributed by atoms with Crippen LogP contribution in [0.4, 0.5) is 5.69 Å². The number of hydrogen-bond donors (Lipinski definition) is 0. The quantitative estimate of drug-likeness (QED) is 0.803. The lowest BCUT2D eigenvalue weighted by atomic mass is 9.95. The van der Waals surface area contributed by atoms with Crippen LogP contribution < -0.4 is 4.90 Å². The number of amides is 1. The van der Waals surface area contributed by atoms with Crippen LogP contribution in [0.3, 0.4) is 0 Å². The molecule has 0 bridgehead atoms. The summed E-state index contributed by atoms with van der Waals surface area (Å²) in [5, 5.41) is 0. The minimum atomic E-state index is 0.0767. The highest BCUT2D eigenvalue weighted by molar-refractivity contribution is 9.10. The molecule has 3 heterocycles. The molecular formula is C17H24BrN3O2. The highest BCUT2D eigenvalue weighted by Crippen LogP contribution is 2.29. The second kappa shape index (κ2) is 7.62. The molecule has 0 radical (unpaired) electrons. The summed E-state index contributed by atoms with van der Waals surface area (Å²) in [7, 11) is 1.94. The van der Waals surface area contributed by atoms with Crippen LogP contribution in [0.5, 0.6) is 0 Å². The lowest BCUT2D eigenvalue weighted by molar-refractivity contribution is -0.134. The fourth-order valence-electron chi connectivity index (χ4n) is 3.50. The smallest absolute Gasteiger partial charge is 0.227 e. The Morgan fingerprint density at radius 3 is 2.87 bits per heavy atom. The molecule has 2 aliphatic rings. The van der Waals surface area contributed by atoms with Crippen molar-refractivity contribution in [1.29, 1.82) is 0 Å². The molecule has 5 nitrogen and oxygen atoms in total. The summed E-state index contributed by atoms with van der Waals surface area (Å²) in [6.45, 7) is 4.24. The maximum absolute atomic E-state index is 12.4. The highest BCUT2D eigenvalue weighted by atomic mass is 79.9. The van der Waals surface area contributed by atoms with Gasteiger partial charge in [0.15, 0.2) is 0 Å². The number of carbonyl (C=O) groups excluding carboxylic acids is 1.